The second kappa shape index (κ2) is 11.0. The van der Waals surface area contributed by atoms with Crippen molar-refractivity contribution >= 4 is 44.2 Å². The normalized spacial score (nSPS) is 11.5. The molecule has 172 valence electrons. The van der Waals surface area contributed by atoms with E-state index >= 15 is 0 Å². The molecule has 0 radical (unpaired) electrons. The molecule has 0 aliphatic carbocycles. The third-order valence-corrected chi connectivity index (χ3v) is 6.40. The molecule has 4 aromatic rings. The van der Waals surface area contributed by atoms with E-state index in [4.69, 9.17) is 4.74 Å². The lowest BCUT2D eigenvalue weighted by Crippen LogP contribution is -2.45. The Balaban J connectivity index is 1.51. The van der Waals surface area contributed by atoms with Gasteiger partial charge in [-0.15, -0.1) is 10.2 Å². The number of aromatic nitrogens is 2. The Morgan fingerprint density at radius 1 is 1.00 bits per heavy atom. The van der Waals surface area contributed by atoms with Crippen LogP contribution in [0, 0.1) is 0 Å². The average molecular weight is 537 g/mol. The fraction of sp³-hybridized carbons (Fsp3) is 0.120. The van der Waals surface area contributed by atoms with E-state index < -0.39 is 6.04 Å². The van der Waals surface area contributed by atoms with Crippen molar-refractivity contribution in [3.8, 4) is 16.3 Å². The highest BCUT2D eigenvalue weighted by molar-refractivity contribution is 9.10. The molecule has 0 aliphatic heterocycles. The summed E-state index contributed by atoms with van der Waals surface area (Å²) < 4.78 is 6.16. The number of benzene rings is 3. The first-order valence-electron chi connectivity index (χ1n) is 10.4. The largest absolute Gasteiger partial charge is 0.497 e. The number of hydrogen-bond donors (Lipinski definition) is 2. The van der Waals surface area contributed by atoms with Crippen molar-refractivity contribution in [1.82, 2.24) is 15.5 Å². The molecule has 4 rings (SSSR count). The quantitative estimate of drug-likeness (QED) is 0.332. The number of rotatable bonds is 8. The topological polar surface area (TPSA) is 93.2 Å². The van der Waals surface area contributed by atoms with Crippen LogP contribution in [-0.4, -0.2) is 35.2 Å². The van der Waals surface area contributed by atoms with E-state index in [9.17, 15) is 9.59 Å². The highest BCUT2D eigenvalue weighted by Crippen LogP contribution is 2.27. The molecule has 1 heterocycles. The number of nitrogens with one attached hydrogen (secondary N) is 2. The lowest BCUT2D eigenvalue weighted by Gasteiger charge is -2.18. The van der Waals surface area contributed by atoms with Crippen LogP contribution in [0.3, 0.4) is 0 Å². The summed E-state index contributed by atoms with van der Waals surface area (Å²) in [5.41, 5.74) is 2.22. The third-order valence-electron chi connectivity index (χ3n) is 4.98. The van der Waals surface area contributed by atoms with Crippen LogP contribution < -0.4 is 15.4 Å². The van der Waals surface area contributed by atoms with Crippen LogP contribution in [0.25, 0.3) is 10.6 Å². The first kappa shape index (κ1) is 23.6. The fourth-order valence-corrected chi connectivity index (χ4v) is 4.26. The number of halogens is 1. The summed E-state index contributed by atoms with van der Waals surface area (Å²) in [6, 6.07) is 23.1. The van der Waals surface area contributed by atoms with Crippen LogP contribution in [-0.2, 0) is 11.2 Å². The first-order chi connectivity index (χ1) is 16.5. The van der Waals surface area contributed by atoms with Gasteiger partial charge in [0.15, 0.2) is 0 Å². The summed E-state index contributed by atoms with van der Waals surface area (Å²) >= 11 is 4.68. The minimum atomic E-state index is -0.818. The molecule has 0 bridgehead atoms. The molecule has 2 amide bonds. The van der Waals surface area contributed by atoms with Crippen molar-refractivity contribution in [1.29, 1.82) is 0 Å². The number of carbonyl (C=O) groups excluding carboxylic acids is 2. The SMILES string of the molecule is COc1cccc(C(=O)N[C@H](Cc2ccccc2)C(=O)Nc2nnc(-c3ccc(Br)cc3)s2)c1. The molecule has 0 fully saturated rings. The van der Waals surface area contributed by atoms with Crippen LogP contribution >= 0.6 is 27.3 Å². The Labute approximate surface area is 209 Å². The second-order valence-corrected chi connectivity index (χ2v) is 9.25. The lowest BCUT2D eigenvalue weighted by molar-refractivity contribution is -0.118. The van der Waals surface area contributed by atoms with Gasteiger partial charge in [-0.05, 0) is 35.9 Å². The molecule has 0 aliphatic rings. The number of nitrogens with zero attached hydrogens (tertiary/aromatic N) is 2. The summed E-state index contributed by atoms with van der Waals surface area (Å²) in [4.78, 5) is 26.1. The van der Waals surface area contributed by atoms with Gasteiger partial charge in [0.2, 0.25) is 11.0 Å². The maximum absolute atomic E-state index is 13.2. The Morgan fingerprint density at radius 3 is 2.50 bits per heavy atom. The predicted molar refractivity (Wildman–Crippen MR) is 136 cm³/mol. The molecule has 3 aromatic carbocycles. The van der Waals surface area contributed by atoms with Crippen LogP contribution in [0.1, 0.15) is 15.9 Å². The summed E-state index contributed by atoms with van der Waals surface area (Å²) in [5.74, 6) is -0.188. The highest BCUT2D eigenvalue weighted by Gasteiger charge is 2.23. The standard InChI is InChI=1S/C25H21BrN4O3S/c1-33-20-9-5-8-18(15-20)22(31)27-21(14-16-6-3-2-4-7-16)23(32)28-25-30-29-24(34-25)17-10-12-19(26)13-11-17/h2-13,15,21H,14H2,1H3,(H,27,31)(H,28,30,32)/t21-/m1/s1. The molecule has 9 heteroatoms. The molecule has 2 N–H and O–H groups in total. The fourth-order valence-electron chi connectivity index (χ4n) is 3.24. The second-order valence-electron chi connectivity index (χ2n) is 7.36. The smallest absolute Gasteiger partial charge is 0.252 e. The first-order valence-corrected chi connectivity index (χ1v) is 12.0. The molecule has 1 atom stereocenters. The Bertz CT molecular complexity index is 1280. The van der Waals surface area contributed by atoms with Crippen molar-refractivity contribution in [2.75, 3.05) is 12.4 Å². The third kappa shape index (κ3) is 6.06. The number of anilines is 1. The van der Waals surface area contributed by atoms with E-state index in [0.29, 0.717) is 27.9 Å². The zero-order valence-corrected chi connectivity index (χ0v) is 20.6. The van der Waals surface area contributed by atoms with Crippen molar-refractivity contribution in [3.63, 3.8) is 0 Å². The van der Waals surface area contributed by atoms with Gasteiger partial charge >= 0.3 is 0 Å². The maximum Gasteiger partial charge on any atom is 0.252 e. The molecular formula is C25H21BrN4O3S. The van der Waals surface area contributed by atoms with Gasteiger partial charge in [0.25, 0.3) is 5.91 Å². The van der Waals surface area contributed by atoms with Crippen LogP contribution in [0.2, 0.25) is 0 Å². The summed E-state index contributed by atoms with van der Waals surface area (Å²) in [6.45, 7) is 0. The Hall–Kier alpha value is -3.56. The Kier molecular flexibility index (Phi) is 7.66. The number of carbonyl (C=O) groups is 2. The van der Waals surface area contributed by atoms with Crippen LogP contribution in [0.15, 0.2) is 83.3 Å². The van der Waals surface area contributed by atoms with Gasteiger partial charge in [-0.3, -0.25) is 14.9 Å². The monoisotopic (exact) mass is 536 g/mol. The van der Waals surface area contributed by atoms with E-state index in [-0.39, 0.29) is 11.8 Å². The highest BCUT2D eigenvalue weighted by atomic mass is 79.9. The zero-order valence-electron chi connectivity index (χ0n) is 18.2. The molecule has 34 heavy (non-hydrogen) atoms. The summed E-state index contributed by atoms with van der Waals surface area (Å²) in [6.07, 6.45) is 0.320. The number of amides is 2. The molecule has 0 saturated heterocycles. The van der Waals surface area contributed by atoms with E-state index in [1.807, 2.05) is 54.6 Å². The minimum Gasteiger partial charge on any atom is -0.497 e. The lowest BCUT2D eigenvalue weighted by atomic mass is 10.0. The molecule has 7 nitrogen and oxygen atoms in total. The van der Waals surface area contributed by atoms with Gasteiger partial charge in [0.1, 0.15) is 16.8 Å². The van der Waals surface area contributed by atoms with E-state index in [1.165, 1.54) is 18.4 Å². The van der Waals surface area contributed by atoms with Crippen molar-refractivity contribution in [2.24, 2.45) is 0 Å². The van der Waals surface area contributed by atoms with Gasteiger partial charge in [0.05, 0.1) is 7.11 Å². The molecule has 1 aromatic heterocycles. The molecule has 0 unspecified atom stereocenters. The molecule has 0 saturated carbocycles. The van der Waals surface area contributed by atoms with Crippen molar-refractivity contribution in [3.05, 3.63) is 94.5 Å². The molecular weight excluding hydrogens is 516 g/mol. The van der Waals surface area contributed by atoms with Crippen molar-refractivity contribution in [2.45, 2.75) is 12.5 Å². The van der Waals surface area contributed by atoms with E-state index in [0.717, 1.165) is 15.6 Å². The molecule has 0 spiro atoms. The van der Waals surface area contributed by atoms with Gasteiger partial charge in [-0.2, -0.15) is 0 Å². The Morgan fingerprint density at radius 2 is 1.76 bits per heavy atom. The number of methoxy groups -OCH3 is 1. The number of ether oxygens (including phenoxy) is 1. The average Bonchev–Trinajstić information content (AvgIpc) is 3.33. The van der Waals surface area contributed by atoms with Gasteiger partial charge < -0.3 is 10.1 Å². The zero-order chi connectivity index (χ0) is 23.9. The van der Waals surface area contributed by atoms with Crippen LogP contribution in [0.5, 0.6) is 5.75 Å². The predicted octanol–water partition coefficient (Wildman–Crippen LogP) is 4.96. The van der Waals surface area contributed by atoms with Gasteiger partial charge in [0, 0.05) is 22.0 Å². The van der Waals surface area contributed by atoms with Gasteiger partial charge in [-0.25, -0.2) is 0 Å². The van der Waals surface area contributed by atoms with Crippen molar-refractivity contribution < 1.29 is 14.3 Å². The maximum atomic E-state index is 13.2. The summed E-state index contributed by atoms with van der Waals surface area (Å²) in [7, 11) is 1.53. The van der Waals surface area contributed by atoms with E-state index in [1.54, 1.807) is 24.3 Å². The number of hydrogen-bond acceptors (Lipinski definition) is 6. The van der Waals surface area contributed by atoms with Gasteiger partial charge in [-0.1, -0.05) is 75.8 Å². The minimum absolute atomic E-state index is 0.320. The van der Waals surface area contributed by atoms with E-state index in [2.05, 4.69) is 36.8 Å². The van der Waals surface area contributed by atoms with Crippen LogP contribution in [0.4, 0.5) is 5.13 Å². The summed E-state index contributed by atoms with van der Waals surface area (Å²) in [5, 5.41) is 15.0.